The summed E-state index contributed by atoms with van der Waals surface area (Å²) < 4.78 is 18.1. The van der Waals surface area contributed by atoms with E-state index in [0.717, 1.165) is 12.7 Å². The van der Waals surface area contributed by atoms with Gasteiger partial charge in [0.1, 0.15) is 11.6 Å². The van der Waals surface area contributed by atoms with Gasteiger partial charge in [-0.2, -0.15) is 5.26 Å². The Kier molecular flexibility index (Phi) is 8.26. The Morgan fingerprint density at radius 3 is 2.68 bits per heavy atom. The van der Waals surface area contributed by atoms with Crippen molar-refractivity contribution in [2.24, 2.45) is 0 Å². The number of rotatable bonds is 9. The molecule has 1 atom stereocenters. The lowest BCUT2D eigenvalue weighted by Crippen LogP contribution is -2.44. The van der Waals surface area contributed by atoms with E-state index < -0.39 is 24.5 Å². The molecule has 9 heteroatoms. The number of ether oxygens (including phenoxy) is 1. The average Bonchev–Trinajstić information content (AvgIpc) is 2.86. The van der Waals surface area contributed by atoms with Crippen LogP contribution in [0.4, 0.5) is 10.2 Å². The van der Waals surface area contributed by atoms with Crippen LogP contribution in [0.15, 0.2) is 60.7 Å². The molecule has 174 valence electrons. The van der Waals surface area contributed by atoms with Crippen molar-refractivity contribution in [1.82, 2.24) is 10.3 Å². The molecule has 0 fully saturated rings. The number of carbonyl (C=O) groups excluding carboxylic acids is 2. The van der Waals surface area contributed by atoms with Crippen molar-refractivity contribution in [3.05, 3.63) is 83.2 Å². The smallest absolute Gasteiger partial charge is 0.330 e. The highest BCUT2D eigenvalue weighted by molar-refractivity contribution is 6.01. The monoisotopic (exact) mass is 462 g/mol. The number of aliphatic hydroxyl groups is 1. The first-order valence-corrected chi connectivity index (χ1v) is 10.4. The van der Waals surface area contributed by atoms with Crippen molar-refractivity contribution in [3.8, 4) is 17.3 Å². The van der Waals surface area contributed by atoms with E-state index in [2.05, 4.69) is 26.4 Å². The number of hydrogen-bond acceptors (Lipinski definition) is 7. The average molecular weight is 462 g/mol. The van der Waals surface area contributed by atoms with Crippen LogP contribution >= 0.6 is 0 Å². The fourth-order valence-corrected chi connectivity index (χ4v) is 3.31. The minimum absolute atomic E-state index is 0.125. The van der Waals surface area contributed by atoms with E-state index in [1.807, 2.05) is 0 Å². The predicted molar refractivity (Wildman–Crippen MR) is 123 cm³/mol. The molecular weight excluding hydrogens is 439 g/mol. The maximum Gasteiger partial charge on any atom is 0.330 e. The minimum Gasteiger partial charge on any atom is -0.467 e. The van der Waals surface area contributed by atoms with Gasteiger partial charge < -0.3 is 20.5 Å². The van der Waals surface area contributed by atoms with E-state index in [4.69, 9.17) is 0 Å². The Labute approximate surface area is 196 Å². The van der Waals surface area contributed by atoms with E-state index >= 15 is 0 Å². The van der Waals surface area contributed by atoms with E-state index in [-0.39, 0.29) is 17.2 Å². The molecule has 0 spiro atoms. The molecule has 0 bridgehead atoms. The lowest BCUT2D eigenvalue weighted by atomic mass is 10.0. The van der Waals surface area contributed by atoms with Gasteiger partial charge in [0.25, 0.3) is 5.91 Å². The number of nitrogens with one attached hydrogen (secondary N) is 2. The molecule has 3 N–H and O–H groups in total. The number of pyridine rings is 1. The van der Waals surface area contributed by atoms with Crippen LogP contribution in [0.5, 0.6) is 0 Å². The summed E-state index contributed by atoms with van der Waals surface area (Å²) in [5, 5.41) is 24.4. The van der Waals surface area contributed by atoms with E-state index in [1.54, 1.807) is 42.5 Å². The highest BCUT2D eigenvalue weighted by Gasteiger charge is 2.23. The van der Waals surface area contributed by atoms with Gasteiger partial charge in [0, 0.05) is 12.1 Å². The quantitative estimate of drug-likeness (QED) is 0.418. The van der Waals surface area contributed by atoms with Crippen LogP contribution in [-0.4, -0.2) is 48.3 Å². The van der Waals surface area contributed by atoms with Crippen LogP contribution in [0, 0.1) is 17.1 Å². The molecule has 1 heterocycles. The highest BCUT2D eigenvalue weighted by Crippen LogP contribution is 2.25. The molecule has 0 aliphatic rings. The molecule has 8 nitrogen and oxygen atoms in total. The molecule has 0 saturated heterocycles. The van der Waals surface area contributed by atoms with Crippen molar-refractivity contribution in [1.29, 1.82) is 5.26 Å². The Morgan fingerprint density at radius 1 is 1.18 bits per heavy atom. The number of methoxy groups -OCH3 is 1. The number of benzene rings is 2. The van der Waals surface area contributed by atoms with Crippen LogP contribution in [-0.2, 0) is 16.0 Å². The van der Waals surface area contributed by atoms with Crippen molar-refractivity contribution in [3.63, 3.8) is 0 Å². The standard InChI is InChI=1S/C25H23FN4O4/c1-34-25(33)22(15-31)30-24(32)20-9-10-21(19-8-3-2-6-17(19)14-27)29-23(20)28-12-11-16-5-4-7-18(26)13-16/h2-10,13,22,31H,11-12,15H2,1H3,(H,28,29)(H,30,32)/t22-/m1/s1. The Hall–Kier alpha value is -4.29. The summed E-state index contributed by atoms with van der Waals surface area (Å²) >= 11 is 0. The summed E-state index contributed by atoms with van der Waals surface area (Å²) in [6.45, 7) is -0.303. The van der Waals surface area contributed by atoms with Crippen LogP contribution in [0.1, 0.15) is 21.5 Å². The number of anilines is 1. The maximum absolute atomic E-state index is 13.5. The Balaban J connectivity index is 1.91. The molecule has 34 heavy (non-hydrogen) atoms. The number of esters is 1. The highest BCUT2D eigenvalue weighted by atomic mass is 19.1. The molecule has 0 aliphatic carbocycles. The largest absolute Gasteiger partial charge is 0.467 e. The molecule has 0 unspecified atom stereocenters. The first-order chi connectivity index (χ1) is 16.5. The van der Waals surface area contributed by atoms with Gasteiger partial charge in [0.2, 0.25) is 0 Å². The summed E-state index contributed by atoms with van der Waals surface area (Å²) in [4.78, 5) is 29.2. The minimum atomic E-state index is -1.24. The second-order valence-corrected chi connectivity index (χ2v) is 7.29. The predicted octanol–water partition coefficient (Wildman–Crippen LogP) is 2.68. The lowest BCUT2D eigenvalue weighted by molar-refractivity contribution is -0.143. The first kappa shape index (κ1) is 24.4. The molecule has 3 aromatic rings. The number of nitrogens with zero attached hydrogens (tertiary/aromatic N) is 2. The molecule has 0 aliphatic heterocycles. The van der Waals surface area contributed by atoms with Crippen LogP contribution in [0.2, 0.25) is 0 Å². The van der Waals surface area contributed by atoms with E-state index in [9.17, 15) is 24.3 Å². The molecule has 1 aromatic heterocycles. The third kappa shape index (κ3) is 5.94. The van der Waals surface area contributed by atoms with Crippen molar-refractivity contribution < 1.29 is 23.8 Å². The van der Waals surface area contributed by atoms with Crippen molar-refractivity contribution >= 4 is 17.7 Å². The zero-order valence-electron chi connectivity index (χ0n) is 18.4. The number of nitriles is 1. The van der Waals surface area contributed by atoms with Gasteiger partial charge in [0.15, 0.2) is 6.04 Å². The van der Waals surface area contributed by atoms with Gasteiger partial charge in [-0.25, -0.2) is 14.2 Å². The number of aromatic nitrogens is 1. The van der Waals surface area contributed by atoms with Gasteiger partial charge in [-0.3, -0.25) is 4.79 Å². The van der Waals surface area contributed by atoms with Gasteiger partial charge >= 0.3 is 5.97 Å². The third-order valence-corrected chi connectivity index (χ3v) is 5.03. The second kappa shape index (κ2) is 11.5. The van der Waals surface area contributed by atoms with E-state index in [0.29, 0.717) is 29.8 Å². The first-order valence-electron chi connectivity index (χ1n) is 10.4. The molecule has 1 amide bonds. The summed E-state index contributed by atoms with van der Waals surface area (Å²) in [5.74, 6) is -1.57. The SMILES string of the molecule is COC(=O)[C@@H](CO)NC(=O)c1ccc(-c2ccccc2C#N)nc1NCCc1cccc(F)c1. The summed E-state index contributed by atoms with van der Waals surface area (Å²) in [7, 11) is 1.15. The Bertz CT molecular complexity index is 1230. The molecule has 0 saturated carbocycles. The molecule has 3 rings (SSSR count). The van der Waals surface area contributed by atoms with Crippen LogP contribution in [0.25, 0.3) is 11.3 Å². The second-order valence-electron chi connectivity index (χ2n) is 7.29. The number of halogens is 1. The Morgan fingerprint density at radius 2 is 1.97 bits per heavy atom. The lowest BCUT2D eigenvalue weighted by Gasteiger charge is -2.17. The van der Waals surface area contributed by atoms with Gasteiger partial charge in [-0.1, -0.05) is 30.3 Å². The number of aliphatic hydroxyl groups excluding tert-OH is 1. The van der Waals surface area contributed by atoms with Gasteiger partial charge in [0.05, 0.1) is 36.6 Å². The zero-order chi connectivity index (χ0) is 24.5. The fraction of sp³-hybridized carbons (Fsp3) is 0.200. The van der Waals surface area contributed by atoms with E-state index in [1.165, 1.54) is 18.2 Å². The molecule has 0 radical (unpaired) electrons. The number of amides is 1. The third-order valence-electron chi connectivity index (χ3n) is 5.03. The normalized spacial score (nSPS) is 11.2. The van der Waals surface area contributed by atoms with Crippen LogP contribution in [0.3, 0.4) is 0 Å². The van der Waals surface area contributed by atoms with Gasteiger partial charge in [-0.15, -0.1) is 0 Å². The summed E-state index contributed by atoms with van der Waals surface area (Å²) in [6, 6.07) is 17.1. The van der Waals surface area contributed by atoms with Crippen molar-refractivity contribution in [2.45, 2.75) is 12.5 Å². The summed E-state index contributed by atoms with van der Waals surface area (Å²) in [6.07, 6.45) is 0.459. The molecular formula is C25H23FN4O4. The van der Waals surface area contributed by atoms with Gasteiger partial charge in [-0.05, 0) is 42.3 Å². The number of carbonyl (C=O) groups is 2. The maximum atomic E-state index is 13.5. The topological polar surface area (TPSA) is 124 Å². The number of hydrogen-bond donors (Lipinski definition) is 3. The molecule has 2 aromatic carbocycles. The van der Waals surface area contributed by atoms with Crippen molar-refractivity contribution in [2.75, 3.05) is 25.6 Å². The zero-order valence-corrected chi connectivity index (χ0v) is 18.4. The summed E-state index contributed by atoms with van der Waals surface area (Å²) in [5.41, 5.74) is 2.36. The fourth-order valence-electron chi connectivity index (χ4n) is 3.31. The van der Waals surface area contributed by atoms with Crippen LogP contribution < -0.4 is 10.6 Å².